The molecule has 1 heterocycles. The van der Waals surface area contributed by atoms with Crippen molar-refractivity contribution in [2.75, 3.05) is 4.90 Å². The van der Waals surface area contributed by atoms with E-state index in [9.17, 15) is 0 Å². The number of hydrogen-bond acceptors (Lipinski definition) is 2. The molecular weight excluding hydrogens is 532 g/mol. The third-order valence-corrected chi connectivity index (χ3v) is 9.05. The monoisotopic (exact) mass is 564 g/mol. The van der Waals surface area contributed by atoms with Crippen LogP contribution in [0.2, 0.25) is 0 Å². The van der Waals surface area contributed by atoms with Gasteiger partial charge in [-0.15, -0.1) is 0 Å². The number of aromatic nitrogens is 1. The minimum absolute atomic E-state index is 0.0657. The molecule has 210 valence electrons. The molecule has 1 aromatic heterocycles. The number of fused-ring (bicyclic) bond motifs is 4. The first-order chi connectivity index (χ1) is 21.6. The van der Waals surface area contributed by atoms with E-state index >= 15 is 0 Å². The molecule has 1 aliphatic carbocycles. The molecule has 0 atom stereocenters. The number of benzene rings is 6. The van der Waals surface area contributed by atoms with E-state index in [4.69, 9.17) is 4.98 Å². The Kier molecular flexibility index (Phi) is 6.16. The highest BCUT2D eigenvalue weighted by Crippen LogP contribution is 2.50. The Labute approximate surface area is 258 Å². The number of rotatable bonds is 5. The second-order valence-electron chi connectivity index (χ2n) is 12.1. The Bertz CT molecular complexity index is 2130. The molecule has 0 amide bonds. The van der Waals surface area contributed by atoms with Gasteiger partial charge in [-0.05, 0) is 76.3 Å². The van der Waals surface area contributed by atoms with Gasteiger partial charge in [0.1, 0.15) is 0 Å². The van der Waals surface area contributed by atoms with Crippen LogP contribution in [0, 0.1) is 0 Å². The highest BCUT2D eigenvalue weighted by Gasteiger charge is 2.35. The van der Waals surface area contributed by atoms with Gasteiger partial charge in [0.05, 0.1) is 11.2 Å². The fourth-order valence-corrected chi connectivity index (χ4v) is 6.80. The maximum atomic E-state index is 5.17. The van der Waals surface area contributed by atoms with Crippen LogP contribution in [-0.4, -0.2) is 4.98 Å². The first kappa shape index (κ1) is 26.2. The molecule has 8 rings (SSSR count). The maximum Gasteiger partial charge on any atom is 0.0788 e. The number of anilines is 3. The number of nitrogens with zero attached hydrogens (tertiary/aromatic N) is 2. The SMILES string of the molecule is CC1(C)c2ccccc2-c2ccc(N(c3ccccc3)c3ccc(-c4nc5ccccc5cc4-c4ccccc4)cc3)cc21. The highest BCUT2D eigenvalue weighted by atomic mass is 15.1. The molecule has 1 aliphatic rings. The van der Waals surface area contributed by atoms with E-state index in [-0.39, 0.29) is 5.41 Å². The largest absolute Gasteiger partial charge is 0.310 e. The van der Waals surface area contributed by atoms with Crippen molar-refractivity contribution in [3.8, 4) is 33.5 Å². The quantitative estimate of drug-likeness (QED) is 0.207. The molecule has 6 aromatic carbocycles. The minimum Gasteiger partial charge on any atom is -0.310 e. The van der Waals surface area contributed by atoms with Crippen LogP contribution in [0.25, 0.3) is 44.4 Å². The van der Waals surface area contributed by atoms with Gasteiger partial charge in [-0.2, -0.15) is 0 Å². The van der Waals surface area contributed by atoms with E-state index in [1.54, 1.807) is 0 Å². The van der Waals surface area contributed by atoms with Crippen molar-refractivity contribution in [3.05, 3.63) is 169 Å². The Hall–Kier alpha value is -5.47. The predicted molar refractivity (Wildman–Crippen MR) is 185 cm³/mol. The van der Waals surface area contributed by atoms with Gasteiger partial charge < -0.3 is 4.90 Å². The fraction of sp³-hybridized carbons (Fsp3) is 0.0714. The van der Waals surface area contributed by atoms with Crippen molar-refractivity contribution in [2.45, 2.75) is 19.3 Å². The number of para-hydroxylation sites is 2. The summed E-state index contributed by atoms with van der Waals surface area (Å²) in [4.78, 5) is 7.53. The van der Waals surface area contributed by atoms with Gasteiger partial charge in [-0.3, -0.25) is 0 Å². The summed E-state index contributed by atoms with van der Waals surface area (Å²) in [6.07, 6.45) is 0. The van der Waals surface area contributed by atoms with Gasteiger partial charge in [0.2, 0.25) is 0 Å². The second-order valence-corrected chi connectivity index (χ2v) is 12.1. The van der Waals surface area contributed by atoms with Crippen LogP contribution in [0.3, 0.4) is 0 Å². The lowest BCUT2D eigenvalue weighted by Crippen LogP contribution is -2.16. The third kappa shape index (κ3) is 4.30. The lowest BCUT2D eigenvalue weighted by Gasteiger charge is -2.28. The van der Waals surface area contributed by atoms with E-state index in [0.29, 0.717) is 0 Å². The average molecular weight is 565 g/mol. The molecule has 0 saturated carbocycles. The summed E-state index contributed by atoms with van der Waals surface area (Å²) in [5, 5.41) is 1.14. The molecular formula is C42H32N2. The van der Waals surface area contributed by atoms with Gasteiger partial charge >= 0.3 is 0 Å². The van der Waals surface area contributed by atoms with E-state index in [1.807, 2.05) is 0 Å². The van der Waals surface area contributed by atoms with Gasteiger partial charge in [0.25, 0.3) is 0 Å². The molecule has 2 heteroatoms. The van der Waals surface area contributed by atoms with Crippen LogP contribution in [0.15, 0.2) is 158 Å². The molecule has 0 spiro atoms. The maximum absolute atomic E-state index is 5.17. The molecule has 0 fully saturated rings. The van der Waals surface area contributed by atoms with E-state index in [1.165, 1.54) is 22.3 Å². The molecule has 0 saturated heterocycles. The van der Waals surface area contributed by atoms with Crippen molar-refractivity contribution in [1.82, 2.24) is 4.98 Å². The minimum atomic E-state index is -0.0657. The topological polar surface area (TPSA) is 16.1 Å². The van der Waals surface area contributed by atoms with E-state index in [2.05, 4.69) is 176 Å². The molecule has 44 heavy (non-hydrogen) atoms. The van der Waals surface area contributed by atoms with Gasteiger partial charge in [-0.1, -0.05) is 123 Å². The molecule has 0 unspecified atom stereocenters. The fourth-order valence-electron chi connectivity index (χ4n) is 6.80. The summed E-state index contributed by atoms with van der Waals surface area (Å²) in [6, 6.07) is 56.4. The Morgan fingerprint density at radius 2 is 1.07 bits per heavy atom. The van der Waals surface area contributed by atoms with Gasteiger partial charge in [0.15, 0.2) is 0 Å². The van der Waals surface area contributed by atoms with E-state index in [0.717, 1.165) is 50.3 Å². The third-order valence-electron chi connectivity index (χ3n) is 9.05. The zero-order valence-electron chi connectivity index (χ0n) is 24.9. The Balaban J connectivity index is 1.25. The lowest BCUT2D eigenvalue weighted by atomic mass is 9.82. The van der Waals surface area contributed by atoms with E-state index < -0.39 is 0 Å². The normalized spacial score (nSPS) is 13.0. The zero-order chi connectivity index (χ0) is 29.7. The summed E-state index contributed by atoms with van der Waals surface area (Å²) in [6.45, 7) is 4.67. The Morgan fingerprint density at radius 1 is 0.455 bits per heavy atom. The van der Waals surface area contributed by atoms with Crippen molar-refractivity contribution < 1.29 is 0 Å². The van der Waals surface area contributed by atoms with Crippen molar-refractivity contribution in [2.24, 2.45) is 0 Å². The first-order valence-corrected chi connectivity index (χ1v) is 15.2. The van der Waals surface area contributed by atoms with Gasteiger partial charge in [0, 0.05) is 39.0 Å². The molecule has 0 N–H and O–H groups in total. The molecule has 0 bridgehead atoms. The summed E-state index contributed by atoms with van der Waals surface area (Å²) in [7, 11) is 0. The zero-order valence-corrected chi connectivity index (χ0v) is 24.9. The first-order valence-electron chi connectivity index (χ1n) is 15.2. The summed E-state index contributed by atoms with van der Waals surface area (Å²) < 4.78 is 0. The molecule has 7 aromatic rings. The van der Waals surface area contributed by atoms with Crippen molar-refractivity contribution in [1.29, 1.82) is 0 Å². The van der Waals surface area contributed by atoms with Crippen LogP contribution < -0.4 is 4.90 Å². The van der Waals surface area contributed by atoms with Crippen LogP contribution >= 0.6 is 0 Å². The van der Waals surface area contributed by atoms with Crippen molar-refractivity contribution >= 4 is 28.0 Å². The summed E-state index contributed by atoms with van der Waals surface area (Å²) in [5.41, 5.74) is 14.1. The average Bonchev–Trinajstić information content (AvgIpc) is 3.31. The highest BCUT2D eigenvalue weighted by molar-refractivity contribution is 5.92. The Morgan fingerprint density at radius 3 is 1.86 bits per heavy atom. The summed E-state index contributed by atoms with van der Waals surface area (Å²) in [5.74, 6) is 0. The standard InChI is InChI=1S/C42H32N2/c1-42(2)38-19-11-10-18-35(38)36-26-25-34(28-39(36)42)44(32-16-7-4-8-17-32)33-23-21-30(22-24-33)41-37(29-13-5-3-6-14-29)27-31-15-9-12-20-40(31)43-41/h3-28H,1-2H3. The second kappa shape index (κ2) is 10.4. The predicted octanol–water partition coefficient (Wildman–Crippen LogP) is 11.3. The molecule has 2 nitrogen and oxygen atoms in total. The molecule has 0 aliphatic heterocycles. The summed E-state index contributed by atoms with van der Waals surface area (Å²) >= 11 is 0. The van der Waals surface area contributed by atoms with Crippen molar-refractivity contribution in [3.63, 3.8) is 0 Å². The lowest BCUT2D eigenvalue weighted by molar-refractivity contribution is 0.660. The van der Waals surface area contributed by atoms with Crippen LogP contribution in [0.5, 0.6) is 0 Å². The number of hydrogen-bond donors (Lipinski definition) is 0. The van der Waals surface area contributed by atoms with Gasteiger partial charge in [-0.25, -0.2) is 4.98 Å². The smallest absolute Gasteiger partial charge is 0.0788 e. The molecule has 0 radical (unpaired) electrons. The van der Waals surface area contributed by atoms with Crippen LogP contribution in [0.1, 0.15) is 25.0 Å². The van der Waals surface area contributed by atoms with Crippen LogP contribution in [-0.2, 0) is 5.41 Å². The van der Waals surface area contributed by atoms with Crippen LogP contribution in [0.4, 0.5) is 17.1 Å². The number of pyridine rings is 1.